The highest BCUT2D eigenvalue weighted by atomic mass is 16.5. The summed E-state index contributed by atoms with van der Waals surface area (Å²) in [5, 5.41) is 14.2. The van der Waals surface area contributed by atoms with Crippen LogP contribution >= 0.6 is 0 Å². The fourth-order valence-corrected chi connectivity index (χ4v) is 2.01. The first-order valence-corrected chi connectivity index (χ1v) is 7.17. The molecule has 0 aliphatic carbocycles. The van der Waals surface area contributed by atoms with Crippen LogP contribution in [0.1, 0.15) is 44.0 Å². The van der Waals surface area contributed by atoms with Crippen molar-refractivity contribution in [1.29, 1.82) is 0 Å². The van der Waals surface area contributed by atoms with Crippen molar-refractivity contribution in [3.8, 4) is 5.75 Å². The van der Waals surface area contributed by atoms with Gasteiger partial charge in [0.15, 0.2) is 0 Å². The van der Waals surface area contributed by atoms with Gasteiger partial charge in [-0.1, -0.05) is 26.0 Å². The van der Waals surface area contributed by atoms with Crippen molar-refractivity contribution in [2.45, 2.75) is 32.7 Å². The maximum absolute atomic E-state index is 5.61. The molecule has 0 aliphatic heterocycles. The molecule has 1 aromatic carbocycles. The molecule has 20 heavy (non-hydrogen) atoms. The molecular formula is C15H22N4O. The largest absolute Gasteiger partial charge is 0.494 e. The first kappa shape index (κ1) is 14.5. The average molecular weight is 274 g/mol. The van der Waals surface area contributed by atoms with E-state index in [1.807, 2.05) is 12.1 Å². The molecule has 0 saturated carbocycles. The highest BCUT2D eigenvalue weighted by molar-refractivity contribution is 5.32. The number of aromatic nitrogens is 3. The third-order valence-electron chi connectivity index (χ3n) is 3.01. The lowest BCUT2D eigenvalue weighted by Crippen LogP contribution is -2.23. The van der Waals surface area contributed by atoms with E-state index in [0.29, 0.717) is 0 Å². The van der Waals surface area contributed by atoms with Crippen molar-refractivity contribution in [2.75, 3.05) is 13.2 Å². The molecule has 0 fully saturated rings. The standard InChI is InChI=1S/C15H22N4O/c1-3-9-16-15(14-11-17-19-18-14)12-5-7-13(8-6-12)20-10-4-2/h5-8,11,15-16H,3-4,9-10H2,1-2H3,(H,17,18,19). The smallest absolute Gasteiger partial charge is 0.119 e. The van der Waals surface area contributed by atoms with Crippen LogP contribution in [-0.4, -0.2) is 28.6 Å². The number of nitrogens with one attached hydrogen (secondary N) is 2. The lowest BCUT2D eigenvalue weighted by atomic mass is 10.0. The SMILES string of the molecule is CCCNC(c1ccc(OCCC)cc1)c1cn[nH]n1. The first-order chi connectivity index (χ1) is 9.85. The van der Waals surface area contributed by atoms with Crippen LogP contribution in [0.25, 0.3) is 0 Å². The second-order valence-electron chi connectivity index (χ2n) is 4.70. The number of hydrogen-bond acceptors (Lipinski definition) is 4. The van der Waals surface area contributed by atoms with Crippen molar-refractivity contribution < 1.29 is 4.74 Å². The van der Waals surface area contributed by atoms with Crippen LogP contribution in [0.2, 0.25) is 0 Å². The van der Waals surface area contributed by atoms with Crippen LogP contribution in [0.3, 0.4) is 0 Å². The zero-order valence-electron chi connectivity index (χ0n) is 12.1. The summed E-state index contributed by atoms with van der Waals surface area (Å²) < 4.78 is 5.61. The summed E-state index contributed by atoms with van der Waals surface area (Å²) in [4.78, 5) is 0. The number of aromatic amines is 1. The van der Waals surface area contributed by atoms with Crippen molar-refractivity contribution in [2.24, 2.45) is 0 Å². The molecule has 0 aliphatic rings. The van der Waals surface area contributed by atoms with Crippen LogP contribution in [0, 0.1) is 0 Å². The van der Waals surface area contributed by atoms with Gasteiger partial charge in [0.25, 0.3) is 0 Å². The number of H-pyrrole nitrogens is 1. The van der Waals surface area contributed by atoms with E-state index in [-0.39, 0.29) is 6.04 Å². The summed E-state index contributed by atoms with van der Waals surface area (Å²) >= 11 is 0. The Balaban J connectivity index is 2.12. The Hall–Kier alpha value is -1.88. The van der Waals surface area contributed by atoms with Gasteiger partial charge < -0.3 is 10.1 Å². The maximum Gasteiger partial charge on any atom is 0.119 e. The van der Waals surface area contributed by atoms with Gasteiger partial charge >= 0.3 is 0 Å². The van der Waals surface area contributed by atoms with Gasteiger partial charge in [-0.2, -0.15) is 15.4 Å². The highest BCUT2D eigenvalue weighted by Gasteiger charge is 2.15. The van der Waals surface area contributed by atoms with Gasteiger partial charge in [0.1, 0.15) is 11.4 Å². The summed E-state index contributed by atoms with van der Waals surface area (Å²) in [6, 6.07) is 8.23. The second kappa shape index (κ2) is 7.65. The molecular weight excluding hydrogens is 252 g/mol. The Morgan fingerprint density at radius 2 is 2.00 bits per heavy atom. The molecule has 1 atom stereocenters. The molecule has 5 nitrogen and oxygen atoms in total. The predicted octanol–water partition coefficient (Wildman–Crippen LogP) is 2.68. The van der Waals surface area contributed by atoms with Gasteiger partial charge in [0.2, 0.25) is 0 Å². The Bertz CT molecular complexity index is 481. The van der Waals surface area contributed by atoms with Crippen LogP contribution in [0.5, 0.6) is 5.75 Å². The van der Waals surface area contributed by atoms with E-state index in [9.17, 15) is 0 Å². The fourth-order valence-electron chi connectivity index (χ4n) is 2.01. The van der Waals surface area contributed by atoms with E-state index in [4.69, 9.17) is 4.74 Å². The van der Waals surface area contributed by atoms with Crippen molar-refractivity contribution in [3.63, 3.8) is 0 Å². The molecule has 1 unspecified atom stereocenters. The minimum Gasteiger partial charge on any atom is -0.494 e. The molecule has 108 valence electrons. The minimum absolute atomic E-state index is 0.0638. The van der Waals surface area contributed by atoms with Gasteiger partial charge in [0, 0.05) is 0 Å². The van der Waals surface area contributed by atoms with Gasteiger partial charge in [-0.15, -0.1) is 0 Å². The number of rotatable bonds is 8. The summed E-state index contributed by atoms with van der Waals surface area (Å²) in [5.41, 5.74) is 2.07. The van der Waals surface area contributed by atoms with Gasteiger partial charge in [-0.25, -0.2) is 0 Å². The zero-order chi connectivity index (χ0) is 14.2. The summed E-state index contributed by atoms with van der Waals surface area (Å²) in [5.74, 6) is 0.907. The average Bonchev–Trinajstić information content (AvgIpc) is 3.01. The lowest BCUT2D eigenvalue weighted by molar-refractivity contribution is 0.317. The molecule has 2 aromatic rings. The molecule has 0 radical (unpaired) electrons. The van der Waals surface area contributed by atoms with Crippen LogP contribution in [0.4, 0.5) is 0 Å². The second-order valence-corrected chi connectivity index (χ2v) is 4.70. The van der Waals surface area contributed by atoms with Crippen molar-refractivity contribution >= 4 is 0 Å². The van der Waals surface area contributed by atoms with E-state index in [1.54, 1.807) is 6.20 Å². The number of hydrogen-bond donors (Lipinski definition) is 2. The monoisotopic (exact) mass is 274 g/mol. The highest BCUT2D eigenvalue weighted by Crippen LogP contribution is 2.22. The first-order valence-electron chi connectivity index (χ1n) is 7.17. The molecule has 1 aromatic heterocycles. The van der Waals surface area contributed by atoms with E-state index >= 15 is 0 Å². The number of nitrogens with zero attached hydrogens (tertiary/aromatic N) is 2. The molecule has 2 rings (SSSR count). The van der Waals surface area contributed by atoms with E-state index in [0.717, 1.165) is 43.0 Å². The van der Waals surface area contributed by atoms with Crippen molar-refractivity contribution in [1.82, 2.24) is 20.7 Å². The Morgan fingerprint density at radius 1 is 1.20 bits per heavy atom. The molecule has 0 saturated heterocycles. The van der Waals surface area contributed by atoms with E-state index in [1.165, 1.54) is 0 Å². The van der Waals surface area contributed by atoms with Crippen LogP contribution in [0.15, 0.2) is 30.5 Å². The van der Waals surface area contributed by atoms with Gasteiger partial charge in [-0.05, 0) is 37.1 Å². The van der Waals surface area contributed by atoms with Gasteiger partial charge in [0.05, 0.1) is 18.8 Å². The Kier molecular flexibility index (Phi) is 5.55. The summed E-state index contributed by atoms with van der Waals surface area (Å²) in [6.45, 7) is 5.93. The normalized spacial score (nSPS) is 12.3. The van der Waals surface area contributed by atoms with E-state index < -0.39 is 0 Å². The minimum atomic E-state index is 0.0638. The quantitative estimate of drug-likeness (QED) is 0.777. The molecule has 0 bridgehead atoms. The van der Waals surface area contributed by atoms with Crippen LogP contribution in [-0.2, 0) is 0 Å². The third-order valence-corrected chi connectivity index (χ3v) is 3.01. The fraction of sp³-hybridized carbons (Fsp3) is 0.467. The Labute approximate surface area is 119 Å². The number of benzene rings is 1. The summed E-state index contributed by atoms with van der Waals surface area (Å²) in [7, 11) is 0. The predicted molar refractivity (Wildman–Crippen MR) is 78.7 cm³/mol. The topological polar surface area (TPSA) is 62.8 Å². The zero-order valence-corrected chi connectivity index (χ0v) is 12.1. The number of ether oxygens (including phenoxy) is 1. The summed E-state index contributed by atoms with van der Waals surface area (Å²) in [6.07, 6.45) is 3.85. The van der Waals surface area contributed by atoms with Crippen molar-refractivity contribution in [3.05, 3.63) is 41.7 Å². The third kappa shape index (κ3) is 3.81. The maximum atomic E-state index is 5.61. The Morgan fingerprint density at radius 3 is 2.60 bits per heavy atom. The molecule has 5 heteroatoms. The molecule has 2 N–H and O–H groups in total. The molecule has 0 amide bonds. The molecule has 0 spiro atoms. The van der Waals surface area contributed by atoms with Crippen LogP contribution < -0.4 is 10.1 Å². The lowest BCUT2D eigenvalue weighted by Gasteiger charge is -2.17. The van der Waals surface area contributed by atoms with Gasteiger partial charge in [-0.3, -0.25) is 0 Å². The molecule has 1 heterocycles. The van der Waals surface area contributed by atoms with E-state index in [2.05, 4.69) is 46.7 Å².